The molecule has 0 aliphatic heterocycles. The summed E-state index contributed by atoms with van der Waals surface area (Å²) in [4.78, 5) is 22.0. The Hall–Kier alpha value is -3.34. The Morgan fingerprint density at radius 2 is 1.82 bits per heavy atom. The van der Waals surface area contributed by atoms with Crippen molar-refractivity contribution in [1.29, 1.82) is 0 Å². The molecule has 0 aliphatic carbocycles. The van der Waals surface area contributed by atoms with Crippen LogP contribution < -0.4 is 9.64 Å². The van der Waals surface area contributed by atoms with Gasteiger partial charge in [-0.25, -0.2) is 9.97 Å². The van der Waals surface area contributed by atoms with Crippen LogP contribution in [0, 0.1) is 0 Å². The number of carbonyl (C=O) groups is 1. The van der Waals surface area contributed by atoms with Crippen LogP contribution in [0.4, 0.5) is 18.9 Å². The normalized spacial score (nSPS) is 11.6. The average molecular weight is 511 g/mol. The van der Waals surface area contributed by atoms with E-state index in [1.165, 1.54) is 23.1 Å². The molecule has 4 aromatic rings. The van der Waals surface area contributed by atoms with Crippen molar-refractivity contribution in [2.75, 3.05) is 18.1 Å². The monoisotopic (exact) mass is 510 g/mol. The Bertz CT molecular complexity index is 1340. The van der Waals surface area contributed by atoms with E-state index in [4.69, 9.17) is 23.2 Å². The van der Waals surface area contributed by atoms with E-state index in [2.05, 4.69) is 14.7 Å². The second-order valence-electron chi connectivity index (χ2n) is 6.98. The molecule has 1 amide bonds. The number of hydrogen-bond donors (Lipinski definition) is 1. The maximum atomic E-state index is 13.1. The van der Waals surface area contributed by atoms with Gasteiger partial charge in [0.05, 0.1) is 12.1 Å². The van der Waals surface area contributed by atoms with E-state index < -0.39 is 12.3 Å². The van der Waals surface area contributed by atoms with Gasteiger partial charge in [0.25, 0.3) is 5.91 Å². The summed E-state index contributed by atoms with van der Waals surface area (Å²) in [7, 11) is 0. The first-order valence-electron chi connectivity index (χ1n) is 9.74. The highest BCUT2D eigenvalue weighted by molar-refractivity contribution is 6.39. The first-order chi connectivity index (χ1) is 16.2. The van der Waals surface area contributed by atoms with E-state index in [9.17, 15) is 23.1 Å². The van der Waals surface area contributed by atoms with Crippen molar-refractivity contribution in [1.82, 2.24) is 14.5 Å². The summed E-state index contributed by atoms with van der Waals surface area (Å²) in [6, 6.07) is 12.3. The van der Waals surface area contributed by atoms with Gasteiger partial charge in [-0.1, -0.05) is 29.3 Å². The third kappa shape index (κ3) is 4.93. The fraction of sp³-hybridized carbons (Fsp3) is 0.136. The third-order valence-electron chi connectivity index (χ3n) is 4.85. The summed E-state index contributed by atoms with van der Waals surface area (Å²) in [5.41, 5.74) is 1.46. The van der Waals surface area contributed by atoms with Crippen LogP contribution in [0.15, 0.2) is 61.1 Å². The van der Waals surface area contributed by atoms with Gasteiger partial charge in [-0.3, -0.25) is 4.79 Å². The zero-order valence-electron chi connectivity index (χ0n) is 17.1. The van der Waals surface area contributed by atoms with Crippen molar-refractivity contribution >= 4 is 45.7 Å². The highest BCUT2D eigenvalue weighted by atomic mass is 35.5. The quantitative estimate of drug-likeness (QED) is 0.357. The van der Waals surface area contributed by atoms with Crippen molar-refractivity contribution < 1.29 is 27.8 Å². The number of hydrogen-bond acceptors (Lipinski definition) is 5. The highest BCUT2D eigenvalue weighted by Gasteiger charge is 2.31. The molecule has 0 saturated carbocycles. The molecule has 0 aliphatic rings. The summed E-state index contributed by atoms with van der Waals surface area (Å²) in [6.45, 7) is -0.386. The van der Waals surface area contributed by atoms with Gasteiger partial charge in [-0.05, 0) is 36.4 Å². The maximum absolute atomic E-state index is 13.1. The zero-order chi connectivity index (χ0) is 24.5. The van der Waals surface area contributed by atoms with Gasteiger partial charge in [-0.2, -0.15) is 0 Å². The molecule has 0 unspecified atom stereocenters. The number of ether oxygens (including phenoxy) is 1. The number of aliphatic hydroxyl groups is 1. The van der Waals surface area contributed by atoms with Gasteiger partial charge >= 0.3 is 6.36 Å². The number of halogens is 5. The van der Waals surface area contributed by atoms with Crippen LogP contribution >= 0.6 is 23.2 Å². The zero-order valence-corrected chi connectivity index (χ0v) is 18.6. The second kappa shape index (κ2) is 9.49. The van der Waals surface area contributed by atoms with Crippen molar-refractivity contribution in [2.24, 2.45) is 0 Å². The largest absolute Gasteiger partial charge is 0.573 e. The Morgan fingerprint density at radius 3 is 2.50 bits per heavy atom. The molecule has 34 heavy (non-hydrogen) atoms. The second-order valence-corrected chi connectivity index (χ2v) is 7.70. The van der Waals surface area contributed by atoms with E-state index in [0.29, 0.717) is 22.3 Å². The van der Waals surface area contributed by atoms with Crippen LogP contribution in [0.5, 0.6) is 5.75 Å². The molecule has 0 spiro atoms. The molecular weight excluding hydrogens is 496 g/mol. The van der Waals surface area contributed by atoms with Gasteiger partial charge in [0.2, 0.25) is 0 Å². The topological polar surface area (TPSA) is 80.5 Å². The van der Waals surface area contributed by atoms with E-state index in [1.807, 2.05) is 0 Å². The molecule has 7 nitrogen and oxygen atoms in total. The van der Waals surface area contributed by atoms with Crippen LogP contribution in [0.25, 0.3) is 16.6 Å². The number of nitrogens with zero attached hydrogens (tertiary/aromatic N) is 4. The molecule has 0 atom stereocenters. The molecule has 176 valence electrons. The number of amides is 1. The molecule has 4 rings (SSSR count). The highest BCUT2D eigenvalue weighted by Crippen LogP contribution is 2.30. The van der Waals surface area contributed by atoms with Gasteiger partial charge in [-0.15, -0.1) is 13.2 Å². The lowest BCUT2D eigenvalue weighted by Crippen LogP contribution is -2.34. The fourth-order valence-electron chi connectivity index (χ4n) is 3.46. The Morgan fingerprint density at radius 1 is 1.09 bits per heavy atom. The van der Waals surface area contributed by atoms with Crippen LogP contribution in [0.3, 0.4) is 0 Å². The number of rotatable bonds is 6. The number of fused-ring (bicyclic) bond motifs is 1. The minimum absolute atomic E-state index is 0.0522. The molecule has 2 heterocycles. The number of aromatic nitrogens is 3. The SMILES string of the molecule is O=C(c1c(Cl)ncnc1Cl)N(CCO)c1ccc2c(ccn2-c2cccc(OC(F)(F)F)c2)c1. The van der Waals surface area contributed by atoms with Crippen molar-refractivity contribution in [3.05, 3.63) is 76.9 Å². The van der Waals surface area contributed by atoms with Crippen molar-refractivity contribution in [3.8, 4) is 11.4 Å². The first-order valence-corrected chi connectivity index (χ1v) is 10.5. The molecule has 0 radical (unpaired) electrons. The van der Waals surface area contributed by atoms with Crippen LogP contribution in [0.1, 0.15) is 10.4 Å². The fourth-order valence-corrected chi connectivity index (χ4v) is 3.93. The first kappa shape index (κ1) is 23.8. The van der Waals surface area contributed by atoms with Crippen LogP contribution in [0.2, 0.25) is 10.3 Å². The summed E-state index contributed by atoms with van der Waals surface area (Å²) in [5, 5.41) is 9.96. The summed E-state index contributed by atoms with van der Waals surface area (Å²) in [6.07, 6.45) is -2.00. The predicted octanol–water partition coefficient (Wildman–Crippen LogP) is 5.27. The molecule has 0 fully saturated rings. The van der Waals surface area contributed by atoms with Crippen LogP contribution in [-0.2, 0) is 0 Å². The molecule has 0 bridgehead atoms. The summed E-state index contributed by atoms with van der Waals surface area (Å²) in [5.74, 6) is -0.942. The maximum Gasteiger partial charge on any atom is 0.573 e. The summed E-state index contributed by atoms with van der Waals surface area (Å²) < 4.78 is 43.4. The van der Waals surface area contributed by atoms with Crippen molar-refractivity contribution in [2.45, 2.75) is 6.36 Å². The average Bonchev–Trinajstić information content (AvgIpc) is 3.19. The van der Waals surface area contributed by atoms with Gasteiger partial charge in [0.15, 0.2) is 0 Å². The Kier molecular flexibility index (Phi) is 6.65. The number of anilines is 1. The van der Waals surface area contributed by atoms with E-state index >= 15 is 0 Å². The van der Waals surface area contributed by atoms with Gasteiger partial charge in [0.1, 0.15) is 27.9 Å². The lowest BCUT2D eigenvalue weighted by molar-refractivity contribution is -0.274. The van der Waals surface area contributed by atoms with E-state index in [-0.39, 0.29) is 34.8 Å². The third-order valence-corrected chi connectivity index (χ3v) is 5.43. The molecule has 0 saturated heterocycles. The van der Waals surface area contributed by atoms with Gasteiger partial charge in [0, 0.05) is 35.6 Å². The van der Waals surface area contributed by atoms with E-state index in [0.717, 1.165) is 6.33 Å². The molecule has 12 heteroatoms. The number of benzene rings is 2. The van der Waals surface area contributed by atoms with Gasteiger partial charge < -0.3 is 19.3 Å². The molecule has 1 N–H and O–H groups in total. The number of alkyl halides is 3. The molecular formula is C22H15Cl2F3N4O3. The number of aliphatic hydroxyl groups excluding tert-OH is 1. The lowest BCUT2D eigenvalue weighted by atomic mass is 10.2. The number of carbonyl (C=O) groups excluding carboxylic acids is 1. The molecule has 2 aromatic carbocycles. The Labute approximate surface area is 200 Å². The Balaban J connectivity index is 1.71. The predicted molar refractivity (Wildman–Crippen MR) is 121 cm³/mol. The standard InChI is InChI=1S/C22H15Cl2F3N4O3/c23-19-18(20(24)29-12-28-19)21(33)31(8-9-32)15-4-5-17-13(10-15)6-7-30(17)14-2-1-3-16(11-14)34-22(25,26)27/h1-7,10-12,32H,8-9H2. The minimum atomic E-state index is -4.80. The minimum Gasteiger partial charge on any atom is -0.406 e. The van der Waals surface area contributed by atoms with E-state index in [1.54, 1.807) is 41.1 Å². The van der Waals surface area contributed by atoms with Crippen LogP contribution in [-0.4, -0.2) is 45.1 Å². The smallest absolute Gasteiger partial charge is 0.406 e. The van der Waals surface area contributed by atoms with Crippen molar-refractivity contribution in [3.63, 3.8) is 0 Å². The molecule has 2 aromatic heterocycles. The lowest BCUT2D eigenvalue weighted by Gasteiger charge is -2.23. The summed E-state index contributed by atoms with van der Waals surface area (Å²) >= 11 is 12.1.